The maximum atomic E-state index is 6.47. The number of hydrogen-bond acceptors (Lipinski definition) is 4. The van der Waals surface area contributed by atoms with Crippen LogP contribution in [0.3, 0.4) is 0 Å². The molecule has 2 aromatic heterocycles. The maximum Gasteiger partial charge on any atom is 0.167 e. The molecule has 0 fully saturated rings. The van der Waals surface area contributed by atoms with Crippen LogP contribution in [0, 0.1) is 0 Å². The van der Waals surface area contributed by atoms with Crippen LogP contribution in [0.5, 0.6) is 0 Å². The van der Waals surface area contributed by atoms with Gasteiger partial charge in [-0.05, 0) is 73.8 Å². The number of nitrogens with zero attached hydrogens (tertiary/aromatic N) is 3. The molecule has 8 aromatic carbocycles. The molecular formula is C52H31N3O. The zero-order valence-corrected chi connectivity index (χ0v) is 30.1. The smallest absolute Gasteiger partial charge is 0.167 e. The highest BCUT2D eigenvalue weighted by Crippen LogP contribution is 2.64. The van der Waals surface area contributed by atoms with Gasteiger partial charge in [0.2, 0.25) is 0 Å². The minimum absolute atomic E-state index is 0.461. The van der Waals surface area contributed by atoms with Gasteiger partial charge < -0.3 is 4.42 Å². The Balaban J connectivity index is 1.08. The van der Waals surface area contributed by atoms with Crippen LogP contribution in [0.4, 0.5) is 0 Å². The molecule has 2 heterocycles. The predicted octanol–water partition coefficient (Wildman–Crippen LogP) is 12.8. The second kappa shape index (κ2) is 11.8. The second-order valence-electron chi connectivity index (χ2n) is 14.6. The van der Waals surface area contributed by atoms with Crippen molar-refractivity contribution in [1.29, 1.82) is 0 Å². The lowest BCUT2D eigenvalue weighted by Crippen LogP contribution is -2.26. The Kier molecular flexibility index (Phi) is 6.52. The van der Waals surface area contributed by atoms with Crippen molar-refractivity contribution in [3.05, 3.63) is 210 Å². The lowest BCUT2D eigenvalue weighted by atomic mass is 9.68. The van der Waals surface area contributed by atoms with Gasteiger partial charge in [-0.25, -0.2) is 15.0 Å². The Morgan fingerprint density at radius 1 is 0.339 bits per heavy atom. The fourth-order valence-electron chi connectivity index (χ4n) is 9.49. The summed E-state index contributed by atoms with van der Waals surface area (Å²) in [4.78, 5) is 15.4. The van der Waals surface area contributed by atoms with Gasteiger partial charge >= 0.3 is 0 Å². The van der Waals surface area contributed by atoms with Crippen molar-refractivity contribution in [2.24, 2.45) is 0 Å². The molecule has 2 aliphatic rings. The summed E-state index contributed by atoms with van der Waals surface area (Å²) >= 11 is 0. The highest BCUT2D eigenvalue weighted by atomic mass is 16.3. The summed E-state index contributed by atoms with van der Waals surface area (Å²) < 4.78 is 6.47. The van der Waals surface area contributed by atoms with E-state index in [-0.39, 0.29) is 0 Å². The number of furan rings is 1. The molecule has 0 N–H and O–H groups in total. The summed E-state index contributed by atoms with van der Waals surface area (Å²) in [5.74, 6) is 1.78. The topological polar surface area (TPSA) is 51.8 Å². The van der Waals surface area contributed by atoms with Crippen LogP contribution in [0.1, 0.15) is 22.3 Å². The number of rotatable bonds is 4. The Labute approximate surface area is 323 Å². The van der Waals surface area contributed by atoms with E-state index in [1.54, 1.807) is 0 Å². The van der Waals surface area contributed by atoms with Crippen LogP contribution in [0.2, 0.25) is 0 Å². The van der Waals surface area contributed by atoms with Gasteiger partial charge in [-0.3, -0.25) is 0 Å². The first-order valence-corrected chi connectivity index (χ1v) is 19.0. The molecule has 4 heteroatoms. The fourth-order valence-corrected chi connectivity index (χ4v) is 9.49. The third-order valence-corrected chi connectivity index (χ3v) is 11.8. The van der Waals surface area contributed by atoms with E-state index in [0.29, 0.717) is 17.5 Å². The lowest BCUT2D eigenvalue weighted by molar-refractivity contribution is 0.669. The van der Waals surface area contributed by atoms with Crippen molar-refractivity contribution >= 4 is 21.9 Å². The Morgan fingerprint density at radius 3 is 1.57 bits per heavy atom. The molecule has 12 rings (SSSR count). The van der Waals surface area contributed by atoms with Gasteiger partial charge in [-0.1, -0.05) is 170 Å². The summed E-state index contributed by atoms with van der Waals surface area (Å²) in [5.41, 5.74) is 16.5. The third kappa shape index (κ3) is 4.27. The summed E-state index contributed by atoms with van der Waals surface area (Å²) in [6.07, 6.45) is 0. The van der Waals surface area contributed by atoms with Crippen molar-refractivity contribution in [3.63, 3.8) is 0 Å². The number of para-hydroxylation sites is 2. The van der Waals surface area contributed by atoms with Gasteiger partial charge in [0.05, 0.1) is 11.0 Å². The van der Waals surface area contributed by atoms with E-state index in [1.165, 1.54) is 50.1 Å². The summed E-state index contributed by atoms with van der Waals surface area (Å²) in [6.45, 7) is 0. The van der Waals surface area contributed by atoms with Crippen LogP contribution in [-0.4, -0.2) is 15.0 Å². The number of fused-ring (bicyclic) bond motifs is 13. The van der Waals surface area contributed by atoms with E-state index < -0.39 is 5.41 Å². The average molecular weight is 714 g/mol. The molecule has 0 bridgehead atoms. The van der Waals surface area contributed by atoms with Crippen LogP contribution in [-0.2, 0) is 5.41 Å². The quantitative estimate of drug-likeness (QED) is 0.182. The molecule has 260 valence electrons. The van der Waals surface area contributed by atoms with Crippen molar-refractivity contribution in [2.75, 3.05) is 0 Å². The summed E-state index contributed by atoms with van der Waals surface area (Å²) in [5, 5.41) is 2.10. The van der Waals surface area contributed by atoms with Gasteiger partial charge in [-0.2, -0.15) is 0 Å². The molecule has 0 atom stereocenters. The van der Waals surface area contributed by atoms with Gasteiger partial charge in [0.15, 0.2) is 17.5 Å². The second-order valence-corrected chi connectivity index (χ2v) is 14.6. The predicted molar refractivity (Wildman–Crippen MR) is 225 cm³/mol. The monoisotopic (exact) mass is 713 g/mol. The molecule has 2 aliphatic carbocycles. The van der Waals surface area contributed by atoms with E-state index >= 15 is 0 Å². The highest BCUT2D eigenvalue weighted by Gasteiger charge is 2.52. The van der Waals surface area contributed by atoms with E-state index in [4.69, 9.17) is 19.4 Å². The largest absolute Gasteiger partial charge is 0.455 e. The standard InChI is InChI=1S/C52H31N3O/c1-2-15-32(16-3-1)49-53-50(55-51(54-49)42-26-14-25-41-39-22-7-11-30-46(39)56-48(41)42)34-18-12-17-33(31-34)35-23-13-24-40-38-21-6-10-29-45(38)52(47(35)40)43-27-8-4-19-36(43)37-20-5-9-28-44(37)52/h1-31H. The Morgan fingerprint density at radius 2 is 0.821 bits per heavy atom. The van der Waals surface area contributed by atoms with Crippen molar-refractivity contribution in [1.82, 2.24) is 15.0 Å². The van der Waals surface area contributed by atoms with Crippen LogP contribution in [0.15, 0.2) is 192 Å². The molecule has 0 amide bonds. The third-order valence-electron chi connectivity index (χ3n) is 11.8. The summed E-state index contributed by atoms with van der Waals surface area (Å²) in [7, 11) is 0. The molecule has 0 saturated carbocycles. The van der Waals surface area contributed by atoms with Gasteiger partial charge in [0, 0.05) is 21.9 Å². The van der Waals surface area contributed by atoms with E-state index in [0.717, 1.165) is 44.2 Å². The average Bonchev–Trinajstić information content (AvgIpc) is 3.91. The SMILES string of the molecule is c1ccc(-c2nc(-c3cccc(-c4cccc5c4C4(c6ccccc6-c6ccccc64)c4ccccc4-5)c3)nc(-c3cccc4c3oc3ccccc34)n2)cc1. The van der Waals surface area contributed by atoms with E-state index in [2.05, 4.69) is 133 Å². The molecule has 0 unspecified atom stereocenters. The molecule has 1 spiro atoms. The zero-order valence-electron chi connectivity index (χ0n) is 30.1. The van der Waals surface area contributed by atoms with Gasteiger partial charge in [0.25, 0.3) is 0 Å². The van der Waals surface area contributed by atoms with Crippen LogP contribution in [0.25, 0.3) is 89.5 Å². The molecule has 0 radical (unpaired) electrons. The highest BCUT2D eigenvalue weighted by molar-refractivity contribution is 6.09. The van der Waals surface area contributed by atoms with Crippen molar-refractivity contribution in [2.45, 2.75) is 5.41 Å². The first-order valence-electron chi connectivity index (χ1n) is 19.0. The van der Waals surface area contributed by atoms with Gasteiger partial charge in [0.1, 0.15) is 11.2 Å². The molecule has 4 nitrogen and oxygen atoms in total. The molecule has 0 aliphatic heterocycles. The number of benzene rings is 8. The number of hydrogen-bond donors (Lipinski definition) is 0. The van der Waals surface area contributed by atoms with Crippen LogP contribution < -0.4 is 0 Å². The minimum Gasteiger partial charge on any atom is -0.455 e. The van der Waals surface area contributed by atoms with Crippen molar-refractivity contribution < 1.29 is 4.42 Å². The van der Waals surface area contributed by atoms with E-state index in [9.17, 15) is 0 Å². The maximum absolute atomic E-state index is 6.47. The fraction of sp³-hybridized carbons (Fsp3) is 0.0192. The van der Waals surface area contributed by atoms with Crippen molar-refractivity contribution in [3.8, 4) is 67.5 Å². The van der Waals surface area contributed by atoms with Gasteiger partial charge in [-0.15, -0.1) is 0 Å². The Hall–Kier alpha value is -7.43. The minimum atomic E-state index is -0.461. The number of aromatic nitrogens is 3. The molecule has 0 saturated heterocycles. The summed E-state index contributed by atoms with van der Waals surface area (Å²) in [6, 6.07) is 66.8. The molecule has 56 heavy (non-hydrogen) atoms. The Bertz CT molecular complexity index is 3150. The normalized spacial score (nSPS) is 13.1. The molecule has 10 aromatic rings. The van der Waals surface area contributed by atoms with Crippen LogP contribution >= 0.6 is 0 Å². The molecular weight excluding hydrogens is 683 g/mol. The first-order chi connectivity index (χ1) is 27.8. The van der Waals surface area contributed by atoms with E-state index in [1.807, 2.05) is 54.6 Å². The first kappa shape index (κ1) is 31.0. The zero-order chi connectivity index (χ0) is 36.8. The lowest BCUT2D eigenvalue weighted by Gasteiger charge is -2.32.